The van der Waals surface area contributed by atoms with Gasteiger partial charge < -0.3 is 9.52 Å². The molecule has 0 radical (unpaired) electrons. The number of rotatable bonds is 6. The second-order valence-corrected chi connectivity index (χ2v) is 5.90. The summed E-state index contributed by atoms with van der Waals surface area (Å²) in [6.07, 6.45) is 3.00. The fourth-order valence-electron chi connectivity index (χ4n) is 2.59. The quantitative estimate of drug-likeness (QED) is 0.820. The average molecular weight is 296 g/mol. The first kappa shape index (κ1) is 15.9. The molecule has 1 aromatic rings. The zero-order valence-electron chi connectivity index (χ0n) is 12.7. The van der Waals surface area contributed by atoms with E-state index in [9.17, 15) is 4.79 Å². The molecule has 1 saturated heterocycles. The average Bonchev–Trinajstić information content (AvgIpc) is 2.88. The van der Waals surface area contributed by atoms with Gasteiger partial charge in [0.2, 0.25) is 11.8 Å². The van der Waals surface area contributed by atoms with Gasteiger partial charge in [-0.3, -0.25) is 15.0 Å². The first-order valence-corrected chi connectivity index (χ1v) is 7.55. The monoisotopic (exact) mass is 296 g/mol. The van der Waals surface area contributed by atoms with Gasteiger partial charge in [0.1, 0.15) is 0 Å². The van der Waals surface area contributed by atoms with Gasteiger partial charge in [-0.2, -0.15) is 0 Å². The number of hydrogen-bond donors (Lipinski definition) is 2. The third kappa shape index (κ3) is 4.78. The van der Waals surface area contributed by atoms with Gasteiger partial charge >= 0.3 is 6.01 Å². The molecule has 2 heterocycles. The van der Waals surface area contributed by atoms with Gasteiger partial charge in [0, 0.05) is 19.1 Å². The molecule has 7 heteroatoms. The van der Waals surface area contributed by atoms with Gasteiger partial charge in [-0.25, -0.2) is 0 Å². The van der Waals surface area contributed by atoms with E-state index < -0.39 is 0 Å². The Labute approximate surface area is 124 Å². The molecule has 0 bridgehead atoms. The fraction of sp³-hybridized carbons (Fsp3) is 0.786. The minimum absolute atomic E-state index is 0.140. The van der Waals surface area contributed by atoms with Crippen LogP contribution in [0.25, 0.3) is 0 Å². The van der Waals surface area contributed by atoms with Crippen molar-refractivity contribution < 1.29 is 14.3 Å². The molecular weight excluding hydrogens is 272 g/mol. The molecular formula is C14H24N4O3. The smallest absolute Gasteiger partial charge is 0.322 e. The summed E-state index contributed by atoms with van der Waals surface area (Å²) >= 11 is 0. The molecule has 7 nitrogen and oxygen atoms in total. The van der Waals surface area contributed by atoms with Crippen molar-refractivity contribution in [2.45, 2.75) is 39.0 Å². The van der Waals surface area contributed by atoms with Crippen LogP contribution in [0.3, 0.4) is 0 Å². The van der Waals surface area contributed by atoms with Crippen LogP contribution in [0.1, 0.15) is 44.9 Å². The van der Waals surface area contributed by atoms with Crippen molar-refractivity contribution in [2.24, 2.45) is 5.92 Å². The molecule has 21 heavy (non-hydrogen) atoms. The van der Waals surface area contributed by atoms with Gasteiger partial charge in [-0.15, -0.1) is 5.10 Å². The van der Waals surface area contributed by atoms with Crippen LogP contribution in [0.5, 0.6) is 0 Å². The highest BCUT2D eigenvalue weighted by atomic mass is 16.4. The van der Waals surface area contributed by atoms with Crippen LogP contribution in [-0.4, -0.2) is 52.4 Å². The van der Waals surface area contributed by atoms with E-state index in [-0.39, 0.29) is 24.4 Å². The van der Waals surface area contributed by atoms with E-state index in [0.717, 1.165) is 32.4 Å². The van der Waals surface area contributed by atoms with Crippen LogP contribution in [-0.2, 0) is 4.79 Å². The molecule has 1 aromatic heterocycles. The first-order valence-electron chi connectivity index (χ1n) is 7.55. The lowest BCUT2D eigenvalue weighted by Crippen LogP contribution is -2.40. The summed E-state index contributed by atoms with van der Waals surface area (Å²) in [6.45, 7) is 6.21. The molecule has 118 valence electrons. The maximum absolute atomic E-state index is 12.0. The zero-order valence-corrected chi connectivity index (χ0v) is 12.7. The predicted octanol–water partition coefficient (Wildman–Crippen LogP) is 1.23. The minimum atomic E-state index is -0.140. The Balaban J connectivity index is 1.80. The van der Waals surface area contributed by atoms with Gasteiger partial charge in [-0.1, -0.05) is 18.9 Å². The lowest BCUT2D eigenvalue weighted by Gasteiger charge is -2.31. The van der Waals surface area contributed by atoms with Crippen LogP contribution in [0.4, 0.5) is 6.01 Å². The fourth-order valence-corrected chi connectivity index (χ4v) is 2.59. The topological polar surface area (TPSA) is 91.5 Å². The lowest BCUT2D eigenvalue weighted by atomic mass is 9.95. The van der Waals surface area contributed by atoms with Crippen molar-refractivity contribution in [3.05, 3.63) is 5.89 Å². The van der Waals surface area contributed by atoms with E-state index in [1.807, 2.05) is 13.8 Å². The Morgan fingerprint density at radius 2 is 2.33 bits per heavy atom. The van der Waals surface area contributed by atoms with Gasteiger partial charge in [-0.05, 0) is 31.7 Å². The van der Waals surface area contributed by atoms with E-state index in [1.54, 1.807) is 0 Å². The lowest BCUT2D eigenvalue weighted by molar-refractivity contribution is -0.117. The number of anilines is 1. The SMILES string of the molecule is CC(C)c1nnc(NC(=O)CN2CCCC(CCO)C2)o1. The number of amides is 1. The molecule has 1 amide bonds. The van der Waals surface area contributed by atoms with Crippen LogP contribution >= 0.6 is 0 Å². The minimum Gasteiger partial charge on any atom is -0.408 e. The predicted molar refractivity (Wildman–Crippen MR) is 77.9 cm³/mol. The summed E-state index contributed by atoms with van der Waals surface area (Å²) in [5.41, 5.74) is 0. The summed E-state index contributed by atoms with van der Waals surface area (Å²) in [7, 11) is 0. The number of aliphatic hydroxyl groups excluding tert-OH is 1. The van der Waals surface area contributed by atoms with Crippen molar-refractivity contribution in [3.8, 4) is 0 Å². The molecule has 1 atom stereocenters. The van der Waals surface area contributed by atoms with Crippen molar-refractivity contribution in [2.75, 3.05) is 31.6 Å². The van der Waals surface area contributed by atoms with Crippen LogP contribution in [0, 0.1) is 5.92 Å². The molecule has 0 spiro atoms. The normalized spacial score (nSPS) is 19.9. The molecule has 1 unspecified atom stereocenters. The van der Waals surface area contributed by atoms with Gasteiger partial charge in [0.05, 0.1) is 6.54 Å². The third-order valence-corrected chi connectivity index (χ3v) is 3.69. The number of carbonyl (C=O) groups is 1. The third-order valence-electron chi connectivity index (χ3n) is 3.69. The highest BCUT2D eigenvalue weighted by Crippen LogP contribution is 2.19. The van der Waals surface area contributed by atoms with Gasteiger partial charge in [0.15, 0.2) is 0 Å². The summed E-state index contributed by atoms with van der Waals surface area (Å²) < 4.78 is 5.36. The Morgan fingerprint density at radius 1 is 1.52 bits per heavy atom. The highest BCUT2D eigenvalue weighted by Gasteiger charge is 2.22. The number of likely N-dealkylation sites (tertiary alicyclic amines) is 1. The highest BCUT2D eigenvalue weighted by molar-refractivity contribution is 5.90. The van der Waals surface area contributed by atoms with Gasteiger partial charge in [0.25, 0.3) is 0 Å². The van der Waals surface area contributed by atoms with E-state index in [4.69, 9.17) is 9.52 Å². The van der Waals surface area contributed by atoms with Crippen molar-refractivity contribution in [1.82, 2.24) is 15.1 Å². The summed E-state index contributed by atoms with van der Waals surface area (Å²) in [5, 5.41) is 19.3. The molecule has 1 aliphatic heterocycles. The molecule has 1 fully saturated rings. The summed E-state index contributed by atoms with van der Waals surface area (Å²) in [6, 6.07) is 0.160. The molecule has 2 N–H and O–H groups in total. The number of aromatic nitrogens is 2. The van der Waals surface area contributed by atoms with E-state index in [0.29, 0.717) is 18.4 Å². The van der Waals surface area contributed by atoms with E-state index >= 15 is 0 Å². The number of aliphatic hydroxyl groups is 1. The van der Waals surface area contributed by atoms with E-state index in [1.165, 1.54) is 0 Å². The molecule has 2 rings (SSSR count). The molecule has 0 aliphatic carbocycles. The molecule has 0 aromatic carbocycles. The summed E-state index contributed by atoms with van der Waals surface area (Å²) in [5.74, 6) is 1.00. The number of nitrogens with one attached hydrogen (secondary N) is 1. The zero-order chi connectivity index (χ0) is 15.2. The maximum atomic E-state index is 12.0. The van der Waals surface area contributed by atoms with E-state index in [2.05, 4.69) is 20.4 Å². The maximum Gasteiger partial charge on any atom is 0.322 e. The second kappa shape index (κ2) is 7.51. The Morgan fingerprint density at radius 3 is 3.00 bits per heavy atom. The molecule has 0 saturated carbocycles. The number of carbonyl (C=O) groups excluding carboxylic acids is 1. The van der Waals surface area contributed by atoms with Crippen LogP contribution in [0.15, 0.2) is 4.42 Å². The Hall–Kier alpha value is -1.47. The van der Waals surface area contributed by atoms with Crippen LogP contribution < -0.4 is 5.32 Å². The number of hydrogen-bond acceptors (Lipinski definition) is 6. The number of piperidine rings is 1. The number of nitrogens with zero attached hydrogens (tertiary/aromatic N) is 3. The second-order valence-electron chi connectivity index (χ2n) is 5.90. The Bertz CT molecular complexity index is 459. The van der Waals surface area contributed by atoms with Crippen molar-refractivity contribution in [3.63, 3.8) is 0 Å². The molecule has 1 aliphatic rings. The first-order chi connectivity index (χ1) is 10.1. The van der Waals surface area contributed by atoms with Crippen LogP contribution in [0.2, 0.25) is 0 Å². The van der Waals surface area contributed by atoms with Crippen molar-refractivity contribution in [1.29, 1.82) is 0 Å². The Kier molecular flexibility index (Phi) is 5.69. The summed E-state index contributed by atoms with van der Waals surface area (Å²) in [4.78, 5) is 14.1. The largest absolute Gasteiger partial charge is 0.408 e. The van der Waals surface area contributed by atoms with Crippen molar-refractivity contribution >= 4 is 11.9 Å². The standard InChI is InChI=1S/C14H24N4O3/c1-10(2)13-16-17-14(21-13)15-12(20)9-18-6-3-4-11(8-18)5-7-19/h10-11,19H,3-9H2,1-2H3,(H,15,17,20).